The van der Waals surface area contributed by atoms with Crippen molar-refractivity contribution in [3.05, 3.63) is 100 Å². The van der Waals surface area contributed by atoms with Crippen molar-refractivity contribution >= 4 is 28.3 Å². The summed E-state index contributed by atoms with van der Waals surface area (Å²) in [4.78, 5) is 37.8. The van der Waals surface area contributed by atoms with Crippen molar-refractivity contribution < 1.29 is 14.3 Å². The van der Waals surface area contributed by atoms with E-state index in [1.54, 1.807) is 66.7 Å². The van der Waals surface area contributed by atoms with Crippen LogP contribution in [0, 0.1) is 0 Å². The van der Waals surface area contributed by atoms with Gasteiger partial charge >= 0.3 is 5.97 Å². The van der Waals surface area contributed by atoms with E-state index in [2.05, 4.69) is 10.4 Å². The van der Waals surface area contributed by atoms with Crippen molar-refractivity contribution in [2.75, 3.05) is 12.4 Å². The molecule has 0 spiro atoms. The predicted molar refractivity (Wildman–Crippen MR) is 113 cm³/mol. The zero-order valence-corrected chi connectivity index (χ0v) is 16.0. The summed E-state index contributed by atoms with van der Waals surface area (Å²) in [5.41, 5.74) is 1.04. The average Bonchev–Trinajstić information content (AvgIpc) is 2.79. The van der Waals surface area contributed by atoms with Crippen LogP contribution in [0.25, 0.3) is 16.5 Å². The second-order valence-corrected chi connectivity index (χ2v) is 6.47. The van der Waals surface area contributed by atoms with Gasteiger partial charge < -0.3 is 10.1 Å². The largest absolute Gasteiger partial charge is 0.465 e. The fourth-order valence-corrected chi connectivity index (χ4v) is 3.13. The SMILES string of the molecule is COC(=O)c1cccc(NC(=O)c2nn(-c3ccccc3)c(=O)c3ccccc23)c1. The van der Waals surface area contributed by atoms with E-state index in [-0.39, 0.29) is 11.3 Å². The highest BCUT2D eigenvalue weighted by Crippen LogP contribution is 2.18. The molecule has 0 atom stereocenters. The normalized spacial score (nSPS) is 10.6. The van der Waals surface area contributed by atoms with Crippen LogP contribution in [0.4, 0.5) is 5.69 Å². The molecule has 3 aromatic carbocycles. The van der Waals surface area contributed by atoms with E-state index in [1.807, 2.05) is 6.07 Å². The third-order valence-electron chi connectivity index (χ3n) is 4.56. The minimum Gasteiger partial charge on any atom is -0.465 e. The smallest absolute Gasteiger partial charge is 0.337 e. The van der Waals surface area contributed by atoms with E-state index in [0.29, 0.717) is 27.7 Å². The zero-order chi connectivity index (χ0) is 21.1. The summed E-state index contributed by atoms with van der Waals surface area (Å²) in [6.07, 6.45) is 0. The number of ether oxygens (including phenoxy) is 1. The first-order valence-corrected chi connectivity index (χ1v) is 9.15. The van der Waals surface area contributed by atoms with Gasteiger partial charge in [-0.3, -0.25) is 9.59 Å². The molecule has 7 heteroatoms. The summed E-state index contributed by atoms with van der Waals surface area (Å²) < 4.78 is 5.92. The highest BCUT2D eigenvalue weighted by molar-refractivity contribution is 6.11. The molecular weight excluding hydrogens is 382 g/mol. The molecule has 1 N–H and O–H groups in total. The van der Waals surface area contributed by atoms with Gasteiger partial charge in [-0.05, 0) is 36.4 Å². The summed E-state index contributed by atoms with van der Waals surface area (Å²) >= 11 is 0. The Hall–Kier alpha value is -4.26. The molecule has 4 rings (SSSR count). The molecular formula is C23H17N3O4. The van der Waals surface area contributed by atoms with Crippen molar-refractivity contribution in [3.8, 4) is 5.69 Å². The molecule has 0 saturated heterocycles. The number of anilines is 1. The number of hydrogen-bond acceptors (Lipinski definition) is 5. The summed E-state index contributed by atoms with van der Waals surface area (Å²) in [5, 5.41) is 7.90. The van der Waals surface area contributed by atoms with Crippen molar-refractivity contribution in [2.45, 2.75) is 0 Å². The number of carbonyl (C=O) groups excluding carboxylic acids is 2. The first-order valence-electron chi connectivity index (χ1n) is 9.15. The number of rotatable bonds is 4. The Kier molecular flexibility index (Phi) is 5.09. The minimum absolute atomic E-state index is 0.0949. The Morgan fingerprint density at radius 2 is 1.60 bits per heavy atom. The third kappa shape index (κ3) is 3.56. The van der Waals surface area contributed by atoms with Crippen molar-refractivity contribution in [3.63, 3.8) is 0 Å². The number of carbonyl (C=O) groups is 2. The van der Waals surface area contributed by atoms with E-state index in [9.17, 15) is 14.4 Å². The molecule has 0 fully saturated rings. The van der Waals surface area contributed by atoms with Crippen LogP contribution in [0.3, 0.4) is 0 Å². The number of benzene rings is 3. The molecule has 0 aliphatic heterocycles. The molecule has 0 radical (unpaired) electrons. The average molecular weight is 399 g/mol. The quantitative estimate of drug-likeness (QED) is 0.531. The number of amides is 1. The van der Waals surface area contributed by atoms with Crippen LogP contribution in [-0.4, -0.2) is 28.8 Å². The molecule has 7 nitrogen and oxygen atoms in total. The van der Waals surface area contributed by atoms with E-state index in [4.69, 9.17) is 4.74 Å². The fraction of sp³-hybridized carbons (Fsp3) is 0.0435. The van der Waals surface area contributed by atoms with Gasteiger partial charge in [0.1, 0.15) is 0 Å². The molecule has 4 aromatic rings. The number of hydrogen-bond donors (Lipinski definition) is 1. The molecule has 0 bridgehead atoms. The molecule has 0 unspecified atom stereocenters. The predicted octanol–water partition coefficient (Wildman–Crippen LogP) is 3.42. The Balaban J connectivity index is 1.80. The van der Waals surface area contributed by atoms with Crippen LogP contribution < -0.4 is 10.9 Å². The van der Waals surface area contributed by atoms with Crippen molar-refractivity contribution in [1.82, 2.24) is 9.78 Å². The topological polar surface area (TPSA) is 90.3 Å². The van der Waals surface area contributed by atoms with Crippen molar-refractivity contribution in [1.29, 1.82) is 0 Å². The molecule has 1 aromatic heterocycles. The standard InChI is InChI=1S/C23H17N3O4/c1-30-23(29)15-8-7-9-16(14-15)24-21(27)20-18-12-5-6-13-19(18)22(28)26(25-20)17-10-3-2-4-11-17/h2-14H,1H3,(H,24,27). The molecule has 1 heterocycles. The van der Waals surface area contributed by atoms with Gasteiger partial charge in [-0.25, -0.2) is 4.79 Å². The van der Waals surface area contributed by atoms with Crippen molar-refractivity contribution in [2.24, 2.45) is 0 Å². The van der Waals surface area contributed by atoms with Gasteiger partial charge in [0.25, 0.3) is 11.5 Å². The number of methoxy groups -OCH3 is 1. The fourth-order valence-electron chi connectivity index (χ4n) is 3.13. The zero-order valence-electron chi connectivity index (χ0n) is 16.0. The maximum Gasteiger partial charge on any atom is 0.337 e. The molecule has 30 heavy (non-hydrogen) atoms. The van der Waals surface area contributed by atoms with Gasteiger partial charge in [0.15, 0.2) is 5.69 Å². The lowest BCUT2D eigenvalue weighted by molar-refractivity contribution is 0.0600. The Bertz CT molecular complexity index is 1310. The number of nitrogens with zero attached hydrogens (tertiary/aromatic N) is 2. The number of esters is 1. The molecule has 0 saturated carbocycles. The molecule has 0 aliphatic carbocycles. The van der Waals surface area contributed by atoms with Gasteiger partial charge in [-0.2, -0.15) is 9.78 Å². The van der Waals surface area contributed by atoms with Gasteiger partial charge in [0, 0.05) is 11.1 Å². The van der Waals surface area contributed by atoms with E-state index in [0.717, 1.165) is 0 Å². The van der Waals surface area contributed by atoms with E-state index in [1.165, 1.54) is 17.9 Å². The highest BCUT2D eigenvalue weighted by Gasteiger charge is 2.18. The summed E-state index contributed by atoms with van der Waals surface area (Å²) in [5.74, 6) is -1.01. The van der Waals surface area contributed by atoms with Gasteiger partial charge in [-0.1, -0.05) is 42.5 Å². The van der Waals surface area contributed by atoms with Crippen LogP contribution in [0.15, 0.2) is 83.7 Å². The minimum atomic E-state index is -0.507. The number of para-hydroxylation sites is 1. The number of nitrogens with one attached hydrogen (secondary N) is 1. The summed E-state index contributed by atoms with van der Waals surface area (Å²) in [6, 6.07) is 22.1. The molecule has 1 amide bonds. The Morgan fingerprint density at radius 1 is 0.900 bits per heavy atom. The maximum absolute atomic E-state index is 13.1. The van der Waals surface area contributed by atoms with Gasteiger partial charge in [0.05, 0.1) is 23.7 Å². The first kappa shape index (κ1) is 19.1. The lowest BCUT2D eigenvalue weighted by Crippen LogP contribution is -2.26. The van der Waals surface area contributed by atoms with Crippen LogP contribution in [-0.2, 0) is 4.74 Å². The summed E-state index contributed by atoms with van der Waals surface area (Å²) in [7, 11) is 1.29. The van der Waals surface area contributed by atoms with Crippen LogP contribution in [0.2, 0.25) is 0 Å². The number of aromatic nitrogens is 2. The monoisotopic (exact) mass is 399 g/mol. The summed E-state index contributed by atoms with van der Waals surface area (Å²) in [6.45, 7) is 0. The Morgan fingerprint density at radius 3 is 2.33 bits per heavy atom. The highest BCUT2D eigenvalue weighted by atomic mass is 16.5. The van der Waals surface area contributed by atoms with E-state index < -0.39 is 11.9 Å². The third-order valence-corrected chi connectivity index (χ3v) is 4.56. The maximum atomic E-state index is 13.1. The van der Waals surface area contributed by atoms with Crippen LogP contribution in [0.5, 0.6) is 0 Å². The van der Waals surface area contributed by atoms with Crippen LogP contribution >= 0.6 is 0 Å². The van der Waals surface area contributed by atoms with Crippen LogP contribution in [0.1, 0.15) is 20.8 Å². The molecule has 148 valence electrons. The lowest BCUT2D eigenvalue weighted by atomic mass is 10.1. The first-order chi connectivity index (χ1) is 14.6. The Labute approximate surface area is 171 Å². The second-order valence-electron chi connectivity index (χ2n) is 6.47. The number of fused-ring (bicyclic) bond motifs is 1. The van der Waals surface area contributed by atoms with Gasteiger partial charge in [0.2, 0.25) is 0 Å². The lowest BCUT2D eigenvalue weighted by Gasteiger charge is -2.12. The van der Waals surface area contributed by atoms with E-state index >= 15 is 0 Å². The molecule has 0 aliphatic rings. The second kappa shape index (κ2) is 8.00. The van der Waals surface area contributed by atoms with Gasteiger partial charge in [-0.15, -0.1) is 0 Å².